The molecule has 10 heteroatoms. The molecule has 9 nitrogen and oxygen atoms in total. The maximum Gasteiger partial charge on any atom is 0.281 e. The van der Waals surface area contributed by atoms with Crippen molar-refractivity contribution in [1.29, 1.82) is 0 Å². The number of fused-ring (bicyclic) bond motifs is 1. The van der Waals surface area contributed by atoms with E-state index >= 15 is 0 Å². The molecule has 2 amide bonds. The maximum atomic E-state index is 13.2. The average Bonchev–Trinajstić information content (AvgIpc) is 3.47. The fourth-order valence-corrected chi connectivity index (χ4v) is 4.10. The fraction of sp³-hybridized carbons (Fsp3) is 0.174. The van der Waals surface area contributed by atoms with Crippen molar-refractivity contribution in [2.24, 2.45) is 9.98 Å². The van der Waals surface area contributed by atoms with Gasteiger partial charge in [0, 0.05) is 6.07 Å². The number of hydrogen-bond donors (Lipinski definition) is 1. The molecular formula is C23H19N5O4S. The van der Waals surface area contributed by atoms with Gasteiger partial charge in [0.1, 0.15) is 17.6 Å². The number of rotatable bonds is 3. The molecule has 3 aromatic rings. The number of amides is 2. The molecule has 0 bridgehead atoms. The number of hydrogen-bond acceptors (Lipinski definition) is 7. The van der Waals surface area contributed by atoms with Crippen LogP contribution in [-0.4, -0.2) is 45.5 Å². The summed E-state index contributed by atoms with van der Waals surface area (Å²) in [6, 6.07) is 12.7. The highest BCUT2D eigenvalue weighted by atomic mass is 32.1. The number of nitrogens with one attached hydrogen (secondary N) is 1. The number of thiophene rings is 1. The molecule has 0 spiro atoms. The minimum Gasteiger partial charge on any atom is -0.482 e. The van der Waals surface area contributed by atoms with Crippen LogP contribution in [-0.2, 0) is 9.59 Å². The minimum atomic E-state index is -0.895. The van der Waals surface area contributed by atoms with Crippen molar-refractivity contribution in [3.8, 4) is 22.1 Å². The molecule has 166 valence electrons. The van der Waals surface area contributed by atoms with Gasteiger partial charge in [-0.05, 0) is 37.4 Å². The highest BCUT2D eigenvalue weighted by Crippen LogP contribution is 2.34. The lowest BCUT2D eigenvalue weighted by atomic mass is 10.1. The van der Waals surface area contributed by atoms with Crippen molar-refractivity contribution in [3.63, 3.8) is 0 Å². The number of ether oxygens (including phenoxy) is 2. The third-order valence-corrected chi connectivity index (χ3v) is 6.08. The van der Waals surface area contributed by atoms with E-state index in [1.54, 1.807) is 32.0 Å². The van der Waals surface area contributed by atoms with E-state index in [0.29, 0.717) is 28.7 Å². The van der Waals surface area contributed by atoms with Gasteiger partial charge in [-0.1, -0.05) is 24.8 Å². The van der Waals surface area contributed by atoms with Crippen LogP contribution >= 0.6 is 11.3 Å². The summed E-state index contributed by atoms with van der Waals surface area (Å²) in [5.41, 5.74) is 1.26. The van der Waals surface area contributed by atoms with Gasteiger partial charge in [-0.3, -0.25) is 9.59 Å². The van der Waals surface area contributed by atoms with Crippen LogP contribution in [0.1, 0.15) is 13.8 Å². The summed E-state index contributed by atoms with van der Waals surface area (Å²) in [6.07, 6.45) is -1.42. The summed E-state index contributed by atoms with van der Waals surface area (Å²) < 4.78 is 13.1. The van der Waals surface area contributed by atoms with Crippen LogP contribution in [0.2, 0.25) is 0 Å². The van der Waals surface area contributed by atoms with E-state index in [1.807, 2.05) is 29.6 Å². The Morgan fingerprint density at radius 2 is 1.91 bits per heavy atom. The standard InChI is InChI=1S/C23H19N5O4S/c1-12-13(2)24-23(26-21(12)29)28-19(11-15(27-28)18-9-6-10-33-18)25-22(30)20-14(3)31-16-7-4-5-8-17(16)32-20/h4-11,14,20H,1H2,2-3H3,(H,25,30). The summed E-state index contributed by atoms with van der Waals surface area (Å²) in [5.74, 6) is 0.487. The first kappa shape index (κ1) is 20.8. The second-order valence-electron chi connectivity index (χ2n) is 7.49. The molecular weight excluding hydrogens is 442 g/mol. The van der Waals surface area contributed by atoms with E-state index in [2.05, 4.69) is 27.0 Å². The quantitative estimate of drug-likeness (QED) is 0.601. The highest BCUT2D eigenvalue weighted by Gasteiger charge is 2.35. The Hall–Kier alpha value is -4.05. The normalized spacial score (nSPS) is 19.7. The fourth-order valence-electron chi connectivity index (χ4n) is 3.42. The zero-order valence-corrected chi connectivity index (χ0v) is 18.6. The molecule has 33 heavy (non-hydrogen) atoms. The molecule has 0 saturated heterocycles. The van der Waals surface area contributed by atoms with Crippen LogP contribution in [0.4, 0.5) is 5.82 Å². The van der Waals surface area contributed by atoms with Crippen LogP contribution in [0.15, 0.2) is 70.0 Å². The molecule has 4 heterocycles. The molecule has 0 saturated carbocycles. The van der Waals surface area contributed by atoms with Gasteiger partial charge in [0.25, 0.3) is 17.8 Å². The Morgan fingerprint density at radius 1 is 1.15 bits per heavy atom. The molecule has 2 atom stereocenters. The van der Waals surface area contributed by atoms with E-state index in [0.717, 1.165) is 4.88 Å². The molecule has 5 rings (SSSR count). The first-order chi connectivity index (χ1) is 15.9. The second-order valence-corrected chi connectivity index (χ2v) is 8.44. The van der Waals surface area contributed by atoms with Gasteiger partial charge in [-0.2, -0.15) is 14.8 Å². The Labute approximate surface area is 193 Å². The molecule has 2 aliphatic rings. The van der Waals surface area contributed by atoms with Crippen LogP contribution in [0.3, 0.4) is 0 Å². The molecule has 1 aromatic carbocycles. The Morgan fingerprint density at radius 3 is 2.61 bits per heavy atom. The van der Waals surface area contributed by atoms with Gasteiger partial charge in [0.05, 0.1) is 16.2 Å². The number of carbonyl (C=O) groups is 2. The van der Waals surface area contributed by atoms with E-state index in [4.69, 9.17) is 9.47 Å². The Bertz CT molecular complexity index is 1340. The number of aromatic nitrogens is 2. The first-order valence-corrected chi connectivity index (χ1v) is 11.0. The van der Waals surface area contributed by atoms with Crippen LogP contribution in [0.5, 0.6) is 11.5 Å². The minimum absolute atomic E-state index is 0.0437. The van der Waals surface area contributed by atoms with Crippen molar-refractivity contribution in [3.05, 3.63) is 60.0 Å². The maximum absolute atomic E-state index is 13.2. The summed E-state index contributed by atoms with van der Waals surface area (Å²) in [5, 5.41) is 9.31. The first-order valence-electron chi connectivity index (χ1n) is 10.2. The second kappa shape index (κ2) is 8.14. The Balaban J connectivity index is 1.49. The van der Waals surface area contributed by atoms with E-state index < -0.39 is 24.0 Å². The van der Waals surface area contributed by atoms with Crippen molar-refractivity contribution < 1.29 is 19.1 Å². The van der Waals surface area contributed by atoms with Gasteiger partial charge >= 0.3 is 0 Å². The predicted molar refractivity (Wildman–Crippen MR) is 125 cm³/mol. The van der Waals surface area contributed by atoms with E-state index in [9.17, 15) is 9.59 Å². The van der Waals surface area contributed by atoms with Gasteiger partial charge in [0.2, 0.25) is 6.10 Å². The largest absolute Gasteiger partial charge is 0.482 e. The number of para-hydroxylation sites is 2. The molecule has 2 aromatic heterocycles. The molecule has 2 unspecified atom stereocenters. The Kier molecular flexibility index (Phi) is 5.14. The summed E-state index contributed by atoms with van der Waals surface area (Å²) in [4.78, 5) is 34.6. The SMILES string of the molecule is C=C1C(=O)N=C(n2nc(-c3cccs3)cc2NC(=O)C2Oc3ccccc3OC2C)N=C1C. The number of nitrogens with zero attached hydrogens (tertiary/aromatic N) is 4. The third kappa shape index (κ3) is 3.85. The van der Waals surface area contributed by atoms with E-state index in [1.165, 1.54) is 16.0 Å². The molecule has 0 fully saturated rings. The monoisotopic (exact) mass is 461 g/mol. The average molecular weight is 462 g/mol. The van der Waals surface area contributed by atoms with Gasteiger partial charge < -0.3 is 14.8 Å². The van der Waals surface area contributed by atoms with Crippen LogP contribution in [0.25, 0.3) is 10.6 Å². The summed E-state index contributed by atoms with van der Waals surface area (Å²) >= 11 is 1.50. The molecule has 1 N–H and O–H groups in total. The van der Waals surface area contributed by atoms with Crippen molar-refractivity contribution in [2.75, 3.05) is 5.32 Å². The summed E-state index contributed by atoms with van der Waals surface area (Å²) in [6.45, 7) is 7.12. The zero-order valence-electron chi connectivity index (χ0n) is 17.8. The molecule has 0 radical (unpaired) electrons. The third-order valence-electron chi connectivity index (χ3n) is 5.19. The summed E-state index contributed by atoms with van der Waals surface area (Å²) in [7, 11) is 0. The topological polar surface area (TPSA) is 107 Å². The van der Waals surface area contributed by atoms with Gasteiger partial charge in [0.15, 0.2) is 11.5 Å². The lowest BCUT2D eigenvalue weighted by Crippen LogP contribution is -2.46. The smallest absolute Gasteiger partial charge is 0.281 e. The van der Waals surface area contributed by atoms with Crippen LogP contribution in [0, 0.1) is 0 Å². The predicted octanol–water partition coefficient (Wildman–Crippen LogP) is 3.54. The molecule has 2 aliphatic heterocycles. The van der Waals surface area contributed by atoms with Crippen LogP contribution < -0.4 is 14.8 Å². The number of benzene rings is 1. The van der Waals surface area contributed by atoms with Crippen molar-refractivity contribution in [2.45, 2.75) is 26.1 Å². The lowest BCUT2D eigenvalue weighted by molar-refractivity contribution is -0.128. The van der Waals surface area contributed by atoms with Gasteiger partial charge in [-0.15, -0.1) is 11.3 Å². The number of anilines is 1. The lowest BCUT2D eigenvalue weighted by Gasteiger charge is -2.30. The number of carbonyl (C=O) groups excluding carboxylic acids is 2. The van der Waals surface area contributed by atoms with Crippen molar-refractivity contribution >= 4 is 40.6 Å². The van der Waals surface area contributed by atoms with Gasteiger partial charge in [-0.25, -0.2) is 4.99 Å². The molecule has 0 aliphatic carbocycles. The van der Waals surface area contributed by atoms with Crippen molar-refractivity contribution in [1.82, 2.24) is 9.78 Å². The van der Waals surface area contributed by atoms with E-state index in [-0.39, 0.29) is 11.5 Å². The highest BCUT2D eigenvalue weighted by molar-refractivity contribution is 7.13. The zero-order chi connectivity index (χ0) is 23.1. The number of aliphatic imine (C=N–C) groups is 2.